The second-order valence-corrected chi connectivity index (χ2v) is 7.72. The van der Waals surface area contributed by atoms with Gasteiger partial charge in [0.05, 0.1) is 12.8 Å². The van der Waals surface area contributed by atoms with Gasteiger partial charge in [-0.2, -0.15) is 0 Å². The van der Waals surface area contributed by atoms with E-state index in [4.69, 9.17) is 15.2 Å². The standard InChI is InChI=1S/C23H18N2O2S/c1-26-19-12-11-17-18(13-20-22(17)25-23(24)28-20)21(19)14-7-9-16(10-8-14)27-15-5-3-2-4-6-15/h2-12H,13H2,1H3,(H2,24,25). The molecule has 0 unspecified atom stereocenters. The van der Waals surface area contributed by atoms with Gasteiger partial charge in [-0.25, -0.2) is 4.98 Å². The molecule has 0 fully saturated rings. The molecule has 0 aliphatic heterocycles. The van der Waals surface area contributed by atoms with Gasteiger partial charge >= 0.3 is 0 Å². The third kappa shape index (κ3) is 2.80. The molecule has 1 heterocycles. The van der Waals surface area contributed by atoms with Crippen LogP contribution < -0.4 is 15.2 Å². The van der Waals surface area contributed by atoms with Crippen LogP contribution in [-0.4, -0.2) is 12.1 Å². The van der Waals surface area contributed by atoms with Crippen LogP contribution in [0.4, 0.5) is 5.13 Å². The zero-order valence-electron chi connectivity index (χ0n) is 15.3. The summed E-state index contributed by atoms with van der Waals surface area (Å²) in [7, 11) is 1.71. The number of ether oxygens (including phenoxy) is 2. The SMILES string of the molecule is COc1ccc2c(c1-c1ccc(Oc3ccccc3)cc1)Cc1sc(N)nc1-2. The van der Waals surface area contributed by atoms with Crippen molar-refractivity contribution >= 4 is 16.5 Å². The lowest BCUT2D eigenvalue weighted by molar-refractivity contribution is 0.416. The Morgan fingerprint density at radius 2 is 1.68 bits per heavy atom. The second-order valence-electron chi connectivity index (χ2n) is 6.61. The van der Waals surface area contributed by atoms with Crippen molar-refractivity contribution in [2.45, 2.75) is 6.42 Å². The molecule has 3 aromatic carbocycles. The minimum atomic E-state index is 0.621. The first-order valence-corrected chi connectivity index (χ1v) is 9.83. The van der Waals surface area contributed by atoms with E-state index in [0.29, 0.717) is 5.13 Å². The second kappa shape index (κ2) is 6.69. The maximum absolute atomic E-state index is 5.92. The Morgan fingerprint density at radius 1 is 0.929 bits per heavy atom. The van der Waals surface area contributed by atoms with Crippen molar-refractivity contribution in [1.29, 1.82) is 0 Å². The number of anilines is 1. The number of fused-ring (bicyclic) bond motifs is 3. The van der Waals surface area contributed by atoms with Gasteiger partial charge in [0.25, 0.3) is 0 Å². The molecule has 0 radical (unpaired) electrons. The van der Waals surface area contributed by atoms with E-state index < -0.39 is 0 Å². The summed E-state index contributed by atoms with van der Waals surface area (Å²) in [6.45, 7) is 0. The van der Waals surface area contributed by atoms with E-state index in [1.807, 2.05) is 48.5 Å². The van der Waals surface area contributed by atoms with Crippen LogP contribution in [0.15, 0.2) is 66.7 Å². The molecule has 4 aromatic rings. The monoisotopic (exact) mass is 386 g/mol. The number of hydrogen-bond acceptors (Lipinski definition) is 5. The summed E-state index contributed by atoms with van der Waals surface area (Å²) in [5, 5.41) is 0.621. The first-order valence-electron chi connectivity index (χ1n) is 9.01. The van der Waals surface area contributed by atoms with Crippen molar-refractivity contribution in [1.82, 2.24) is 4.98 Å². The number of nitrogens with zero attached hydrogens (tertiary/aromatic N) is 1. The molecular weight excluding hydrogens is 368 g/mol. The number of para-hydroxylation sites is 1. The Bertz CT molecular complexity index is 1150. The summed E-state index contributed by atoms with van der Waals surface area (Å²) in [4.78, 5) is 5.73. The molecular formula is C23H18N2O2S. The van der Waals surface area contributed by atoms with Gasteiger partial charge in [0.15, 0.2) is 5.13 Å². The highest BCUT2D eigenvalue weighted by atomic mass is 32.1. The first-order chi connectivity index (χ1) is 13.7. The van der Waals surface area contributed by atoms with E-state index in [9.17, 15) is 0 Å². The Hall–Kier alpha value is -3.31. The van der Waals surface area contributed by atoms with Gasteiger partial charge in [-0.05, 0) is 47.5 Å². The zero-order valence-corrected chi connectivity index (χ0v) is 16.1. The number of aromatic nitrogens is 1. The quantitative estimate of drug-likeness (QED) is 0.426. The topological polar surface area (TPSA) is 57.4 Å². The fourth-order valence-corrected chi connectivity index (χ4v) is 4.55. The number of hydrogen-bond donors (Lipinski definition) is 1. The Labute approximate surface area is 167 Å². The maximum atomic E-state index is 5.92. The van der Waals surface area contributed by atoms with E-state index in [-0.39, 0.29) is 0 Å². The first kappa shape index (κ1) is 16.8. The number of nitrogen functional groups attached to an aromatic ring is 1. The van der Waals surface area contributed by atoms with E-state index in [2.05, 4.69) is 23.2 Å². The molecule has 5 rings (SSSR count). The zero-order chi connectivity index (χ0) is 19.1. The van der Waals surface area contributed by atoms with E-state index in [1.165, 1.54) is 10.4 Å². The number of thiazole rings is 1. The molecule has 0 spiro atoms. The van der Waals surface area contributed by atoms with Gasteiger partial charge in [0.2, 0.25) is 0 Å². The third-order valence-corrected chi connectivity index (χ3v) is 5.81. The van der Waals surface area contributed by atoms with Crippen molar-refractivity contribution in [3.05, 3.63) is 77.2 Å². The van der Waals surface area contributed by atoms with Crippen LogP contribution in [0, 0.1) is 0 Å². The van der Waals surface area contributed by atoms with Crippen molar-refractivity contribution in [3.63, 3.8) is 0 Å². The average Bonchev–Trinajstić information content (AvgIpc) is 3.24. The molecule has 4 nitrogen and oxygen atoms in total. The normalized spacial score (nSPS) is 11.8. The number of rotatable bonds is 4. The van der Waals surface area contributed by atoms with E-state index >= 15 is 0 Å². The van der Waals surface area contributed by atoms with Gasteiger partial charge in [0, 0.05) is 22.4 Å². The van der Waals surface area contributed by atoms with Crippen LogP contribution in [0.5, 0.6) is 17.2 Å². The number of nitrogens with two attached hydrogens (primary N) is 1. The third-order valence-electron chi connectivity index (χ3n) is 4.92. The summed E-state index contributed by atoms with van der Waals surface area (Å²) in [6, 6.07) is 22.0. The lowest BCUT2D eigenvalue weighted by Gasteiger charge is -2.15. The molecule has 0 saturated heterocycles. The largest absolute Gasteiger partial charge is 0.496 e. The van der Waals surface area contributed by atoms with Gasteiger partial charge in [-0.15, -0.1) is 11.3 Å². The van der Waals surface area contributed by atoms with Crippen LogP contribution in [0.3, 0.4) is 0 Å². The predicted molar refractivity (Wildman–Crippen MR) is 113 cm³/mol. The molecule has 1 aromatic heterocycles. The lowest BCUT2D eigenvalue weighted by Crippen LogP contribution is -1.95. The van der Waals surface area contributed by atoms with Crippen LogP contribution in [0.25, 0.3) is 22.4 Å². The fraction of sp³-hybridized carbons (Fsp3) is 0.0870. The Kier molecular flexibility index (Phi) is 4.02. The molecule has 2 N–H and O–H groups in total. The molecule has 5 heteroatoms. The maximum Gasteiger partial charge on any atom is 0.180 e. The average molecular weight is 386 g/mol. The fourth-order valence-electron chi connectivity index (χ4n) is 3.69. The lowest BCUT2D eigenvalue weighted by atomic mass is 9.95. The van der Waals surface area contributed by atoms with Crippen molar-refractivity contribution in [2.75, 3.05) is 12.8 Å². The van der Waals surface area contributed by atoms with Crippen LogP contribution in [0.1, 0.15) is 10.4 Å². The van der Waals surface area contributed by atoms with Gasteiger partial charge < -0.3 is 15.2 Å². The van der Waals surface area contributed by atoms with Crippen LogP contribution >= 0.6 is 11.3 Å². The van der Waals surface area contributed by atoms with Gasteiger partial charge in [-0.3, -0.25) is 0 Å². The number of benzene rings is 3. The summed E-state index contributed by atoms with van der Waals surface area (Å²) in [6.07, 6.45) is 0.828. The van der Waals surface area contributed by atoms with Gasteiger partial charge in [0.1, 0.15) is 17.2 Å². The van der Waals surface area contributed by atoms with E-state index in [0.717, 1.165) is 46.1 Å². The molecule has 28 heavy (non-hydrogen) atoms. The minimum Gasteiger partial charge on any atom is -0.496 e. The molecule has 0 saturated carbocycles. The minimum absolute atomic E-state index is 0.621. The summed E-state index contributed by atoms with van der Waals surface area (Å²) < 4.78 is 11.6. The van der Waals surface area contributed by atoms with Gasteiger partial charge in [-0.1, -0.05) is 30.3 Å². The van der Waals surface area contributed by atoms with Crippen LogP contribution in [0.2, 0.25) is 0 Å². The molecule has 0 atom stereocenters. The Balaban J connectivity index is 1.54. The highest BCUT2D eigenvalue weighted by molar-refractivity contribution is 7.15. The highest BCUT2D eigenvalue weighted by Gasteiger charge is 2.27. The summed E-state index contributed by atoms with van der Waals surface area (Å²) in [5.41, 5.74) is 11.5. The molecule has 0 bridgehead atoms. The predicted octanol–water partition coefficient (Wildman–Crippen LogP) is 5.76. The van der Waals surface area contributed by atoms with Crippen molar-refractivity contribution < 1.29 is 9.47 Å². The summed E-state index contributed by atoms with van der Waals surface area (Å²) >= 11 is 1.56. The van der Waals surface area contributed by atoms with Crippen molar-refractivity contribution in [3.8, 4) is 39.6 Å². The Morgan fingerprint density at radius 3 is 2.43 bits per heavy atom. The number of methoxy groups -OCH3 is 1. The van der Waals surface area contributed by atoms with E-state index in [1.54, 1.807) is 18.4 Å². The molecule has 1 aliphatic carbocycles. The summed E-state index contributed by atoms with van der Waals surface area (Å²) in [5.74, 6) is 2.48. The molecule has 0 amide bonds. The molecule has 138 valence electrons. The molecule has 1 aliphatic rings. The van der Waals surface area contributed by atoms with Crippen molar-refractivity contribution in [2.24, 2.45) is 0 Å². The van der Waals surface area contributed by atoms with Crippen LogP contribution in [-0.2, 0) is 6.42 Å². The highest BCUT2D eigenvalue weighted by Crippen LogP contribution is 2.47. The smallest absolute Gasteiger partial charge is 0.180 e.